The molecule has 0 aromatic carbocycles. The fraction of sp³-hybridized carbons (Fsp3) is 1.00. The molecule has 0 aromatic rings. The molecule has 0 unspecified atom stereocenters. The number of hydrogen-bond donors (Lipinski definition) is 8. The molecule has 0 saturated carbocycles. The highest BCUT2D eigenvalue weighted by molar-refractivity contribution is 4.91. The van der Waals surface area contributed by atoms with Crippen LogP contribution in [0, 0.1) is 0 Å². The number of hydrogen-bond acceptors (Lipinski definition) is 11. The molecule has 2 aliphatic heterocycles. The maximum atomic E-state index is 9.78. The van der Waals surface area contributed by atoms with Crippen molar-refractivity contribution < 1.29 is 55.1 Å². The van der Waals surface area contributed by atoms with Crippen molar-refractivity contribution in [3.05, 3.63) is 0 Å². The largest absolute Gasteiger partial charge is 0.394 e. The summed E-state index contributed by atoms with van der Waals surface area (Å²) in [6.07, 6.45) is -15.3. The smallest absolute Gasteiger partial charge is 0.186 e. The highest BCUT2D eigenvalue weighted by Crippen LogP contribution is 2.24. The molecule has 2 aliphatic rings. The molecule has 0 aromatic heterocycles. The van der Waals surface area contributed by atoms with E-state index in [1.54, 1.807) is 0 Å². The van der Waals surface area contributed by atoms with Crippen molar-refractivity contribution in [3.8, 4) is 0 Å². The maximum absolute atomic E-state index is 9.78. The minimum atomic E-state index is -1.74. The van der Waals surface area contributed by atoms with Crippen molar-refractivity contribution in [3.63, 3.8) is 0 Å². The molecule has 2 rings (SSSR count). The van der Waals surface area contributed by atoms with Gasteiger partial charge in [0, 0.05) is 0 Å². The van der Waals surface area contributed by atoms with Crippen LogP contribution in [0.5, 0.6) is 0 Å². The van der Waals surface area contributed by atoms with Gasteiger partial charge in [-0.15, -0.1) is 0 Å². The van der Waals surface area contributed by atoms with Crippen LogP contribution in [0.3, 0.4) is 0 Å². The monoisotopic (exact) mass is 342 g/mol. The zero-order valence-corrected chi connectivity index (χ0v) is 12.0. The summed E-state index contributed by atoms with van der Waals surface area (Å²) >= 11 is 0. The van der Waals surface area contributed by atoms with Crippen LogP contribution >= 0.6 is 0 Å². The van der Waals surface area contributed by atoms with Crippen molar-refractivity contribution in [1.82, 2.24) is 0 Å². The van der Waals surface area contributed by atoms with Crippen molar-refractivity contribution >= 4 is 0 Å². The first-order chi connectivity index (χ1) is 10.8. The fourth-order valence-corrected chi connectivity index (χ4v) is 2.46. The highest BCUT2D eigenvalue weighted by Gasteiger charge is 2.46. The molecule has 2 saturated heterocycles. The van der Waals surface area contributed by atoms with E-state index in [1.807, 2.05) is 0 Å². The average Bonchev–Trinajstić information content (AvgIpc) is 2.54. The molecule has 2 heterocycles. The number of aliphatic hydroxyl groups excluding tert-OH is 8. The lowest BCUT2D eigenvalue weighted by Crippen LogP contribution is -2.61. The average molecular weight is 342 g/mol. The van der Waals surface area contributed by atoms with Gasteiger partial charge in [-0.3, -0.25) is 0 Å². The second-order valence-corrected chi connectivity index (χ2v) is 5.57. The minimum Gasteiger partial charge on any atom is -0.394 e. The van der Waals surface area contributed by atoms with Crippen molar-refractivity contribution in [2.45, 2.75) is 61.4 Å². The molecule has 23 heavy (non-hydrogen) atoms. The van der Waals surface area contributed by atoms with Gasteiger partial charge >= 0.3 is 0 Å². The van der Waals surface area contributed by atoms with Gasteiger partial charge < -0.3 is 55.1 Å². The van der Waals surface area contributed by atoms with Gasteiger partial charge in [-0.1, -0.05) is 0 Å². The molecule has 0 aliphatic carbocycles. The van der Waals surface area contributed by atoms with E-state index in [2.05, 4.69) is 0 Å². The van der Waals surface area contributed by atoms with Gasteiger partial charge in [-0.05, 0) is 0 Å². The van der Waals surface area contributed by atoms with Crippen LogP contribution in [0.1, 0.15) is 0 Å². The molecule has 0 radical (unpaired) electrons. The molecule has 11 heteroatoms. The number of aliphatic hydroxyl groups is 8. The van der Waals surface area contributed by atoms with Gasteiger partial charge in [0.25, 0.3) is 0 Å². The first-order valence-electron chi connectivity index (χ1n) is 7.07. The molecule has 0 bridgehead atoms. The SMILES string of the molecule is OC[C@@H]1O[C@@H](OC[C@H]2O[C@H](O)[C@H](O)[C@@H](O)[C@@H]2O)[C@@H](O)[C@@H](O)[C@@H]1O. The minimum absolute atomic E-state index is 0.468. The zero-order valence-electron chi connectivity index (χ0n) is 12.0. The lowest BCUT2D eigenvalue weighted by molar-refractivity contribution is -0.325. The normalized spacial score (nSPS) is 51.7. The molecule has 136 valence electrons. The summed E-state index contributed by atoms with van der Waals surface area (Å²) in [5.41, 5.74) is 0. The highest BCUT2D eigenvalue weighted by atomic mass is 16.7. The molecule has 0 spiro atoms. The van der Waals surface area contributed by atoms with Crippen LogP contribution in [0.4, 0.5) is 0 Å². The summed E-state index contributed by atoms with van der Waals surface area (Å²) in [7, 11) is 0. The first-order valence-corrected chi connectivity index (χ1v) is 7.07. The predicted octanol–water partition coefficient (Wildman–Crippen LogP) is -5.40. The lowest BCUT2D eigenvalue weighted by atomic mass is 9.98. The van der Waals surface area contributed by atoms with E-state index in [-0.39, 0.29) is 0 Å². The Balaban J connectivity index is 1.94. The second kappa shape index (κ2) is 7.63. The molecule has 2 fully saturated rings. The summed E-state index contributed by atoms with van der Waals surface area (Å²) in [6, 6.07) is 0. The van der Waals surface area contributed by atoms with Gasteiger partial charge in [-0.2, -0.15) is 0 Å². The molecule has 0 amide bonds. The van der Waals surface area contributed by atoms with Gasteiger partial charge in [0.2, 0.25) is 0 Å². The number of ether oxygens (including phenoxy) is 3. The Hall–Kier alpha value is -0.440. The van der Waals surface area contributed by atoms with Crippen LogP contribution in [0.15, 0.2) is 0 Å². The van der Waals surface area contributed by atoms with E-state index in [0.29, 0.717) is 0 Å². The topological polar surface area (TPSA) is 190 Å². The van der Waals surface area contributed by atoms with E-state index in [9.17, 15) is 35.7 Å². The van der Waals surface area contributed by atoms with Gasteiger partial charge in [0.1, 0.15) is 48.8 Å². The molecular weight excluding hydrogens is 320 g/mol. The van der Waals surface area contributed by atoms with Crippen molar-refractivity contribution in [2.75, 3.05) is 13.2 Å². The number of rotatable bonds is 4. The Kier molecular flexibility index (Phi) is 6.27. The van der Waals surface area contributed by atoms with Crippen LogP contribution in [-0.2, 0) is 14.2 Å². The first kappa shape index (κ1) is 18.9. The maximum Gasteiger partial charge on any atom is 0.186 e. The molecule has 11 nitrogen and oxygen atoms in total. The van der Waals surface area contributed by atoms with E-state index in [0.717, 1.165) is 0 Å². The quantitative estimate of drug-likeness (QED) is 0.243. The van der Waals surface area contributed by atoms with Gasteiger partial charge in [0.15, 0.2) is 12.6 Å². The van der Waals surface area contributed by atoms with Crippen molar-refractivity contribution in [2.24, 2.45) is 0 Å². The third-order valence-corrected chi connectivity index (χ3v) is 3.96. The standard InChI is InChI=1S/C12H22O11/c13-1-3-5(14)8(17)10(19)12(23-3)21-2-4-6(15)7(16)9(18)11(20)22-4/h3-20H,1-2H2/t3-,4+,5+,6+,7-,8-,9+,10-,11-,12+/m0/s1. The lowest BCUT2D eigenvalue weighted by Gasteiger charge is -2.41. The van der Waals surface area contributed by atoms with E-state index in [1.165, 1.54) is 0 Å². The predicted molar refractivity (Wildman–Crippen MR) is 68.6 cm³/mol. The summed E-state index contributed by atoms with van der Waals surface area (Å²) in [5, 5.41) is 76.1. The molecular formula is C12H22O11. The van der Waals surface area contributed by atoms with Gasteiger partial charge in [0.05, 0.1) is 13.2 Å². The third-order valence-electron chi connectivity index (χ3n) is 3.96. The van der Waals surface area contributed by atoms with Crippen LogP contribution in [0.25, 0.3) is 0 Å². The van der Waals surface area contributed by atoms with E-state index >= 15 is 0 Å². The van der Waals surface area contributed by atoms with Crippen LogP contribution in [0.2, 0.25) is 0 Å². The van der Waals surface area contributed by atoms with Crippen LogP contribution in [-0.4, -0.2) is 115 Å². The Morgan fingerprint density at radius 3 is 1.83 bits per heavy atom. The molecule has 10 atom stereocenters. The molecule has 8 N–H and O–H groups in total. The van der Waals surface area contributed by atoms with E-state index in [4.69, 9.17) is 19.3 Å². The summed E-state index contributed by atoms with van der Waals surface area (Å²) in [5.74, 6) is 0. The van der Waals surface area contributed by atoms with Gasteiger partial charge in [-0.25, -0.2) is 0 Å². The summed E-state index contributed by atoms with van der Waals surface area (Å²) in [4.78, 5) is 0. The Morgan fingerprint density at radius 2 is 1.22 bits per heavy atom. The summed E-state index contributed by atoms with van der Waals surface area (Å²) in [6.45, 7) is -1.10. The summed E-state index contributed by atoms with van der Waals surface area (Å²) < 4.78 is 15.1. The zero-order chi connectivity index (χ0) is 17.3. The van der Waals surface area contributed by atoms with E-state index < -0.39 is 74.6 Å². The van der Waals surface area contributed by atoms with Crippen molar-refractivity contribution in [1.29, 1.82) is 0 Å². The third kappa shape index (κ3) is 3.81. The Bertz CT molecular complexity index is 380. The second-order valence-electron chi connectivity index (χ2n) is 5.57. The fourth-order valence-electron chi connectivity index (χ4n) is 2.46. The van der Waals surface area contributed by atoms with Crippen LogP contribution < -0.4 is 0 Å². The Morgan fingerprint density at radius 1 is 0.652 bits per heavy atom. The Labute approximate surface area is 130 Å².